The number of esters is 1. The monoisotopic (exact) mass is 583 g/mol. The Kier molecular flexibility index (Phi) is 7.48. The van der Waals surface area contributed by atoms with Gasteiger partial charge >= 0.3 is 11.9 Å². The van der Waals surface area contributed by atoms with Gasteiger partial charge in [-0.2, -0.15) is 0 Å². The Bertz CT molecular complexity index is 1200. The number of Topliss-reactive ketones (excluding diaryl/α,β-unsaturated/α-hetero) is 1. The minimum atomic E-state index is -1.13. The number of carbonyl (C=O) groups is 3. The van der Waals surface area contributed by atoms with Gasteiger partial charge in [-0.1, -0.05) is 54.0 Å². The van der Waals surface area contributed by atoms with Crippen LogP contribution in [0.2, 0.25) is 0 Å². The third kappa shape index (κ3) is 4.23. The molecule has 0 bridgehead atoms. The van der Waals surface area contributed by atoms with Crippen molar-refractivity contribution >= 4 is 17.7 Å². The smallest absolute Gasteiger partial charge is 0.309 e. The van der Waals surface area contributed by atoms with Crippen molar-refractivity contribution in [2.75, 3.05) is 7.05 Å². The van der Waals surface area contributed by atoms with Crippen molar-refractivity contribution < 1.29 is 24.2 Å². The molecule has 8 atom stereocenters. The van der Waals surface area contributed by atoms with E-state index in [4.69, 9.17) is 4.74 Å². The molecule has 2 N–H and O–H groups in total. The summed E-state index contributed by atoms with van der Waals surface area (Å²) in [7, 11) is 2.06. The van der Waals surface area contributed by atoms with Crippen LogP contribution in [0.3, 0.4) is 0 Å². The first kappa shape index (κ1) is 31.7. The minimum absolute atomic E-state index is 0.0364. The quantitative estimate of drug-likeness (QED) is 0.251. The zero-order chi connectivity index (χ0) is 31.3. The maximum atomic E-state index is 13.5. The molecule has 5 aliphatic rings. The van der Waals surface area contributed by atoms with Gasteiger partial charge in [-0.3, -0.25) is 14.4 Å². The van der Waals surface area contributed by atoms with E-state index in [0.29, 0.717) is 30.0 Å². The Morgan fingerprint density at radius 2 is 1.67 bits per heavy atom. The van der Waals surface area contributed by atoms with Gasteiger partial charge in [0.15, 0.2) is 0 Å². The van der Waals surface area contributed by atoms with E-state index in [-0.39, 0.29) is 45.6 Å². The number of hydrogen-bond acceptors (Lipinski definition) is 5. The van der Waals surface area contributed by atoms with E-state index < -0.39 is 17.4 Å². The van der Waals surface area contributed by atoms with Gasteiger partial charge in [0, 0.05) is 23.3 Å². The molecule has 0 aromatic heterocycles. The highest BCUT2D eigenvalue weighted by Gasteiger charge is 2.69. The molecule has 6 heteroatoms. The average Bonchev–Trinajstić information content (AvgIpc) is 3.18. The molecule has 0 aromatic carbocycles. The van der Waals surface area contributed by atoms with E-state index >= 15 is 0 Å². The summed E-state index contributed by atoms with van der Waals surface area (Å²) in [5.41, 5.74) is 1.95. The second-order valence-corrected chi connectivity index (χ2v) is 17.2. The number of likely N-dealkylation sites (N-methyl/N-ethyl adjacent to an activating group) is 1. The molecule has 0 heterocycles. The van der Waals surface area contributed by atoms with Gasteiger partial charge in [0.2, 0.25) is 0 Å². The molecule has 236 valence electrons. The van der Waals surface area contributed by atoms with Crippen LogP contribution in [0.4, 0.5) is 0 Å². The number of ether oxygens (including phenoxy) is 1. The highest BCUT2D eigenvalue weighted by atomic mass is 16.5. The van der Waals surface area contributed by atoms with Crippen LogP contribution in [0.1, 0.15) is 127 Å². The van der Waals surface area contributed by atoms with E-state index in [9.17, 15) is 19.5 Å². The predicted molar refractivity (Wildman–Crippen MR) is 165 cm³/mol. The van der Waals surface area contributed by atoms with Crippen LogP contribution in [-0.4, -0.2) is 41.5 Å². The van der Waals surface area contributed by atoms with Gasteiger partial charge in [-0.05, 0) is 112 Å². The first-order valence-electron chi connectivity index (χ1n) is 16.7. The van der Waals surface area contributed by atoms with Crippen LogP contribution in [0.25, 0.3) is 0 Å². The fourth-order valence-electron chi connectivity index (χ4n) is 11.6. The average molecular weight is 584 g/mol. The number of fused-ring (bicyclic) bond motifs is 6. The Labute approximate surface area is 254 Å². The lowest BCUT2D eigenvalue weighted by molar-refractivity contribution is -0.214. The molecule has 0 aromatic rings. The Morgan fingerprint density at radius 1 is 1.00 bits per heavy atom. The lowest BCUT2D eigenvalue weighted by Gasteiger charge is -2.70. The maximum Gasteiger partial charge on any atom is 0.309 e. The van der Waals surface area contributed by atoms with Crippen molar-refractivity contribution in [3.63, 3.8) is 0 Å². The third-order valence-electron chi connectivity index (χ3n) is 14.2. The zero-order valence-electron chi connectivity index (χ0n) is 28.0. The topological polar surface area (TPSA) is 92.7 Å². The molecular formula is C36H57NO5. The van der Waals surface area contributed by atoms with Gasteiger partial charge in [0.05, 0.1) is 11.8 Å². The number of carbonyl (C=O) groups excluding carboxylic acids is 2. The highest BCUT2D eigenvalue weighted by Crippen LogP contribution is 2.75. The second-order valence-electron chi connectivity index (χ2n) is 17.2. The first-order chi connectivity index (χ1) is 19.3. The molecule has 0 amide bonds. The maximum absolute atomic E-state index is 13.5. The minimum Gasteiger partial charge on any atom is -0.481 e. The Morgan fingerprint density at radius 3 is 2.26 bits per heavy atom. The van der Waals surface area contributed by atoms with Gasteiger partial charge < -0.3 is 15.2 Å². The molecule has 0 spiro atoms. The van der Waals surface area contributed by atoms with Crippen molar-refractivity contribution in [2.24, 2.45) is 50.7 Å². The van der Waals surface area contributed by atoms with Crippen LogP contribution in [0, 0.1) is 50.7 Å². The SMILES string of the molecule is CN[C@@]12CC[C@]3(C)C(=C1C(C(C)C)C(=O)C2)CC[C@@H]1[C@@]2(C)CC[C@H](OC(=O)CC(C)(C)C(=O)O)C(C)(C)[C@@H]2CC[C@]13C. The van der Waals surface area contributed by atoms with Crippen LogP contribution in [0.5, 0.6) is 0 Å². The molecule has 5 aliphatic carbocycles. The van der Waals surface area contributed by atoms with Crippen molar-refractivity contribution in [1.82, 2.24) is 5.32 Å². The summed E-state index contributed by atoms with van der Waals surface area (Å²) in [5, 5.41) is 13.2. The molecule has 42 heavy (non-hydrogen) atoms. The molecule has 6 nitrogen and oxygen atoms in total. The van der Waals surface area contributed by atoms with E-state index in [1.54, 1.807) is 19.4 Å². The molecule has 5 rings (SSSR count). The molecule has 0 radical (unpaired) electrons. The fourth-order valence-corrected chi connectivity index (χ4v) is 11.6. The van der Waals surface area contributed by atoms with Crippen molar-refractivity contribution in [1.29, 1.82) is 0 Å². The van der Waals surface area contributed by atoms with Gasteiger partial charge in [0.1, 0.15) is 11.9 Å². The molecule has 0 aliphatic heterocycles. The van der Waals surface area contributed by atoms with Gasteiger partial charge in [0.25, 0.3) is 0 Å². The summed E-state index contributed by atoms with van der Waals surface area (Å²) in [6, 6.07) is 0. The lowest BCUT2D eigenvalue weighted by atomic mass is 9.34. The van der Waals surface area contributed by atoms with Gasteiger partial charge in [-0.25, -0.2) is 0 Å². The zero-order valence-corrected chi connectivity index (χ0v) is 28.0. The predicted octanol–water partition coefficient (Wildman–Crippen LogP) is 7.35. The first-order valence-corrected chi connectivity index (χ1v) is 16.7. The fraction of sp³-hybridized carbons (Fsp3) is 0.861. The summed E-state index contributed by atoms with van der Waals surface area (Å²) >= 11 is 0. The number of hydrogen-bond donors (Lipinski definition) is 2. The second kappa shape index (κ2) is 9.91. The Hall–Kier alpha value is -1.69. The third-order valence-corrected chi connectivity index (χ3v) is 14.2. The number of nitrogens with one attached hydrogen (secondary N) is 1. The summed E-state index contributed by atoms with van der Waals surface area (Å²) in [4.78, 5) is 38.1. The van der Waals surface area contributed by atoms with Crippen LogP contribution in [0.15, 0.2) is 11.1 Å². The normalized spacial score (nSPS) is 42.9. The summed E-state index contributed by atoms with van der Waals surface area (Å²) < 4.78 is 6.12. The molecular weight excluding hydrogens is 526 g/mol. The van der Waals surface area contributed by atoms with Crippen molar-refractivity contribution in [2.45, 2.75) is 138 Å². The van der Waals surface area contributed by atoms with Crippen molar-refractivity contribution in [3.8, 4) is 0 Å². The highest BCUT2D eigenvalue weighted by molar-refractivity contribution is 5.91. The molecule has 4 saturated carbocycles. The summed E-state index contributed by atoms with van der Waals surface area (Å²) in [6.07, 6.45) is 8.83. The van der Waals surface area contributed by atoms with E-state index in [0.717, 1.165) is 51.4 Å². The largest absolute Gasteiger partial charge is 0.481 e. The van der Waals surface area contributed by atoms with Crippen molar-refractivity contribution in [3.05, 3.63) is 11.1 Å². The number of ketones is 1. The number of allylic oxidation sites excluding steroid dienone is 1. The van der Waals surface area contributed by atoms with Crippen LogP contribution >= 0.6 is 0 Å². The van der Waals surface area contributed by atoms with E-state index in [1.807, 2.05) is 0 Å². The summed E-state index contributed by atoms with van der Waals surface area (Å²) in [5.74, 6) is 0.402. The molecule has 4 fully saturated rings. The van der Waals surface area contributed by atoms with Crippen LogP contribution in [-0.2, 0) is 19.1 Å². The van der Waals surface area contributed by atoms with E-state index in [2.05, 4.69) is 60.8 Å². The number of carboxylic acids is 1. The van der Waals surface area contributed by atoms with Gasteiger partial charge in [-0.15, -0.1) is 0 Å². The number of carboxylic acid groups (broad SMARTS) is 1. The number of rotatable bonds is 6. The van der Waals surface area contributed by atoms with Crippen LogP contribution < -0.4 is 5.32 Å². The Balaban J connectivity index is 1.46. The van der Waals surface area contributed by atoms with E-state index in [1.165, 1.54) is 5.57 Å². The summed E-state index contributed by atoms with van der Waals surface area (Å²) in [6.45, 7) is 19.9. The molecule has 1 unspecified atom stereocenters. The number of aliphatic carboxylic acids is 1. The standard InChI is InChI=1S/C36H57NO5/c1-21(2)28-23(38)19-36(37-10)18-17-34(8)22(29(28)36)11-12-25-33(7)15-14-26(42-27(39)20-31(3,4)30(40)41)32(5,6)24(33)13-16-35(25,34)9/h21,24-26,28,37H,11-20H2,1-10H3,(H,40,41)/t24-,25+,26-,28?,33-,34+,35+,36+/m0/s1. The molecule has 0 saturated heterocycles. The lowest BCUT2D eigenvalue weighted by Crippen LogP contribution is -2.65.